The summed E-state index contributed by atoms with van der Waals surface area (Å²) in [6.07, 6.45) is -3.53. The van der Waals surface area contributed by atoms with E-state index < -0.39 is 12.6 Å². The molecule has 0 aliphatic carbocycles. The van der Waals surface area contributed by atoms with E-state index in [1.54, 1.807) is 25.4 Å². The molecule has 120 valence electrons. The predicted molar refractivity (Wildman–Crippen MR) is 76.9 cm³/mol. The van der Waals surface area contributed by atoms with E-state index in [4.69, 9.17) is 4.74 Å². The minimum Gasteiger partial charge on any atom is -0.497 e. The fraction of sp³-hybridized carbons (Fsp3) is 0.400. The van der Waals surface area contributed by atoms with Crippen molar-refractivity contribution in [1.82, 2.24) is 9.88 Å². The average Bonchev–Trinajstić information content (AvgIpc) is 2.86. The molecule has 0 spiro atoms. The first-order valence-electron chi connectivity index (χ1n) is 6.75. The first kappa shape index (κ1) is 16.2. The zero-order valence-electron chi connectivity index (χ0n) is 12.3. The molecular weight excluding hydrogens is 297 g/mol. The normalized spacial score (nSPS) is 11.7. The van der Waals surface area contributed by atoms with E-state index in [0.717, 1.165) is 21.4 Å². The Morgan fingerprint density at radius 2 is 2.09 bits per heavy atom. The third-order valence-corrected chi connectivity index (χ3v) is 3.47. The molecule has 0 radical (unpaired) electrons. The number of likely N-dealkylation sites (N-methyl/N-ethyl adjacent to an activating group) is 1. The summed E-state index contributed by atoms with van der Waals surface area (Å²) in [7, 11) is 2.92. The van der Waals surface area contributed by atoms with Gasteiger partial charge in [0.15, 0.2) is 0 Å². The highest BCUT2D eigenvalue weighted by Gasteiger charge is 2.28. The summed E-state index contributed by atoms with van der Waals surface area (Å²) in [4.78, 5) is 16.2. The van der Waals surface area contributed by atoms with Crippen LogP contribution in [0.1, 0.15) is 12.0 Å². The maximum Gasteiger partial charge on any atom is 0.390 e. The number of fused-ring (bicyclic) bond motifs is 1. The monoisotopic (exact) mass is 314 g/mol. The van der Waals surface area contributed by atoms with Gasteiger partial charge in [-0.25, -0.2) is 0 Å². The van der Waals surface area contributed by atoms with E-state index in [0.29, 0.717) is 5.75 Å². The molecule has 0 aliphatic rings. The molecule has 0 saturated carbocycles. The van der Waals surface area contributed by atoms with Gasteiger partial charge in [-0.3, -0.25) is 4.79 Å². The van der Waals surface area contributed by atoms with Crippen molar-refractivity contribution >= 4 is 16.8 Å². The second-order valence-corrected chi connectivity index (χ2v) is 5.08. The van der Waals surface area contributed by atoms with Crippen LogP contribution in [0.15, 0.2) is 24.4 Å². The number of aromatic amines is 1. The minimum atomic E-state index is -4.26. The number of hydrogen-bond acceptors (Lipinski definition) is 2. The lowest BCUT2D eigenvalue weighted by atomic mass is 10.1. The van der Waals surface area contributed by atoms with Crippen LogP contribution in [-0.2, 0) is 11.2 Å². The Morgan fingerprint density at radius 3 is 2.73 bits per heavy atom. The van der Waals surface area contributed by atoms with Gasteiger partial charge in [0.2, 0.25) is 5.91 Å². The lowest BCUT2D eigenvalue weighted by molar-refractivity contribution is -0.143. The molecule has 1 heterocycles. The molecule has 0 unspecified atom stereocenters. The lowest BCUT2D eigenvalue weighted by Crippen LogP contribution is -2.31. The van der Waals surface area contributed by atoms with Gasteiger partial charge in [-0.2, -0.15) is 13.2 Å². The van der Waals surface area contributed by atoms with Gasteiger partial charge in [-0.1, -0.05) is 0 Å². The van der Waals surface area contributed by atoms with Crippen molar-refractivity contribution in [2.75, 3.05) is 20.7 Å². The summed E-state index contributed by atoms with van der Waals surface area (Å²) in [5.74, 6) is 0.305. The van der Waals surface area contributed by atoms with Crippen molar-refractivity contribution in [3.05, 3.63) is 30.0 Å². The number of hydrogen-bond donors (Lipinski definition) is 1. The summed E-state index contributed by atoms with van der Waals surface area (Å²) in [5, 5.41) is 0.830. The van der Waals surface area contributed by atoms with E-state index >= 15 is 0 Å². The Balaban J connectivity index is 2.08. The topological polar surface area (TPSA) is 45.3 Å². The Kier molecular flexibility index (Phi) is 4.63. The number of benzene rings is 1. The molecule has 1 aromatic heterocycles. The van der Waals surface area contributed by atoms with Gasteiger partial charge in [0.05, 0.1) is 20.0 Å². The van der Waals surface area contributed by atoms with Crippen molar-refractivity contribution in [3.63, 3.8) is 0 Å². The van der Waals surface area contributed by atoms with Crippen LogP contribution >= 0.6 is 0 Å². The number of aromatic nitrogens is 1. The number of halogens is 3. The van der Waals surface area contributed by atoms with E-state index in [9.17, 15) is 18.0 Å². The van der Waals surface area contributed by atoms with Crippen LogP contribution in [0, 0.1) is 0 Å². The van der Waals surface area contributed by atoms with Crippen molar-refractivity contribution in [2.45, 2.75) is 19.0 Å². The summed E-state index contributed by atoms with van der Waals surface area (Å²) < 4.78 is 41.7. The molecule has 1 N–H and O–H groups in total. The molecule has 4 nitrogen and oxygen atoms in total. The van der Waals surface area contributed by atoms with Crippen LogP contribution in [-0.4, -0.2) is 42.7 Å². The molecule has 1 amide bonds. The van der Waals surface area contributed by atoms with Crippen molar-refractivity contribution in [2.24, 2.45) is 0 Å². The number of ether oxygens (including phenoxy) is 1. The molecule has 22 heavy (non-hydrogen) atoms. The number of nitrogens with one attached hydrogen (secondary N) is 1. The number of nitrogens with zero attached hydrogens (tertiary/aromatic N) is 1. The molecule has 7 heteroatoms. The maximum atomic E-state index is 12.2. The second kappa shape index (κ2) is 6.29. The van der Waals surface area contributed by atoms with Crippen molar-refractivity contribution < 1.29 is 22.7 Å². The number of carbonyl (C=O) groups is 1. The van der Waals surface area contributed by atoms with Gasteiger partial charge in [-0.05, 0) is 23.8 Å². The Bertz CT molecular complexity index is 664. The second-order valence-electron chi connectivity index (χ2n) is 5.08. The van der Waals surface area contributed by atoms with Crippen molar-refractivity contribution in [1.29, 1.82) is 0 Å². The first-order valence-corrected chi connectivity index (χ1v) is 6.75. The standard InChI is InChI=1S/C15H17F3N2O2/c1-20(6-5-15(16,17)18)14(21)7-10-9-19-13-4-3-11(22-2)8-12(10)13/h3-4,8-9,19H,5-7H2,1-2H3. The maximum absolute atomic E-state index is 12.2. The summed E-state index contributed by atoms with van der Waals surface area (Å²) in [5.41, 5.74) is 1.58. The third kappa shape index (κ3) is 3.93. The Hall–Kier alpha value is -2.18. The molecule has 0 fully saturated rings. The van der Waals surface area contributed by atoms with Gasteiger partial charge in [0, 0.05) is 30.7 Å². The zero-order valence-corrected chi connectivity index (χ0v) is 12.3. The van der Waals surface area contributed by atoms with Crippen LogP contribution in [0.4, 0.5) is 13.2 Å². The van der Waals surface area contributed by atoms with Crippen LogP contribution in [0.3, 0.4) is 0 Å². The molecule has 2 aromatic rings. The van der Waals surface area contributed by atoms with Crippen LogP contribution in [0.2, 0.25) is 0 Å². The van der Waals surface area contributed by atoms with Crippen LogP contribution in [0.5, 0.6) is 5.75 Å². The minimum absolute atomic E-state index is 0.0432. The van der Waals surface area contributed by atoms with Gasteiger partial charge in [0.1, 0.15) is 5.75 Å². The highest BCUT2D eigenvalue weighted by Crippen LogP contribution is 2.24. The molecular formula is C15H17F3N2O2. The SMILES string of the molecule is COc1ccc2[nH]cc(CC(=O)N(C)CCC(F)(F)F)c2c1. The van der Waals surface area contributed by atoms with E-state index in [-0.39, 0.29) is 18.9 Å². The molecule has 0 saturated heterocycles. The number of rotatable bonds is 5. The molecule has 1 aromatic carbocycles. The van der Waals surface area contributed by atoms with Gasteiger partial charge >= 0.3 is 6.18 Å². The Labute approximate surface area is 125 Å². The fourth-order valence-corrected chi connectivity index (χ4v) is 2.15. The lowest BCUT2D eigenvalue weighted by Gasteiger charge is -2.18. The van der Waals surface area contributed by atoms with Crippen LogP contribution < -0.4 is 4.74 Å². The largest absolute Gasteiger partial charge is 0.497 e. The fourth-order valence-electron chi connectivity index (χ4n) is 2.15. The highest BCUT2D eigenvalue weighted by atomic mass is 19.4. The third-order valence-electron chi connectivity index (χ3n) is 3.47. The van der Waals surface area contributed by atoms with Gasteiger partial charge in [0.25, 0.3) is 0 Å². The Morgan fingerprint density at radius 1 is 1.36 bits per heavy atom. The predicted octanol–water partition coefficient (Wildman–Crippen LogP) is 3.13. The van der Waals surface area contributed by atoms with Gasteiger partial charge in [-0.15, -0.1) is 0 Å². The number of H-pyrrole nitrogens is 1. The van der Waals surface area contributed by atoms with E-state index in [1.807, 2.05) is 6.07 Å². The molecule has 2 rings (SSSR count). The first-order chi connectivity index (χ1) is 10.3. The molecule has 0 bridgehead atoms. The summed E-state index contributed by atoms with van der Waals surface area (Å²) in [6, 6.07) is 5.42. The quantitative estimate of drug-likeness (QED) is 0.921. The zero-order chi connectivity index (χ0) is 16.3. The van der Waals surface area contributed by atoms with E-state index in [1.165, 1.54) is 7.05 Å². The average molecular weight is 314 g/mol. The number of alkyl halides is 3. The number of carbonyl (C=O) groups excluding carboxylic acids is 1. The van der Waals surface area contributed by atoms with E-state index in [2.05, 4.69) is 4.98 Å². The van der Waals surface area contributed by atoms with Crippen molar-refractivity contribution in [3.8, 4) is 5.75 Å². The molecule has 0 atom stereocenters. The number of amides is 1. The summed E-state index contributed by atoms with van der Waals surface area (Å²) >= 11 is 0. The smallest absolute Gasteiger partial charge is 0.390 e. The highest BCUT2D eigenvalue weighted by molar-refractivity contribution is 5.89. The summed E-state index contributed by atoms with van der Waals surface area (Å²) in [6.45, 7) is -0.339. The van der Waals surface area contributed by atoms with Gasteiger partial charge < -0.3 is 14.6 Å². The van der Waals surface area contributed by atoms with Crippen LogP contribution in [0.25, 0.3) is 10.9 Å². The number of methoxy groups -OCH3 is 1. The molecule has 0 aliphatic heterocycles.